The molecule has 6 rings (SSSR count). The van der Waals surface area contributed by atoms with Gasteiger partial charge in [0.25, 0.3) is 11.8 Å². The number of nitrogens with zero attached hydrogens (tertiary/aromatic N) is 2. The number of fused-ring (bicyclic) bond motifs is 10. The molecule has 0 atom stereocenters. The van der Waals surface area contributed by atoms with Gasteiger partial charge in [0.05, 0.1) is 16.6 Å². The minimum atomic E-state index is -0.341. The van der Waals surface area contributed by atoms with Crippen LogP contribution in [0.3, 0.4) is 0 Å². The molecule has 5 nitrogen and oxygen atoms in total. The van der Waals surface area contributed by atoms with Gasteiger partial charge in [0, 0.05) is 34.8 Å². The smallest absolute Gasteiger partial charge is 0.259 e. The lowest BCUT2D eigenvalue weighted by Crippen LogP contribution is -2.20. The van der Waals surface area contributed by atoms with Crippen molar-refractivity contribution in [3.8, 4) is 0 Å². The van der Waals surface area contributed by atoms with E-state index in [9.17, 15) is 9.59 Å². The van der Waals surface area contributed by atoms with E-state index in [1.54, 1.807) is 6.20 Å². The number of nitrogens with one attached hydrogen (secondary N) is 1. The molecule has 1 aliphatic rings. The lowest BCUT2D eigenvalue weighted by molar-refractivity contribution is 0.0880. The summed E-state index contributed by atoms with van der Waals surface area (Å²) in [6, 6.07) is 15.8. The second-order valence-electron chi connectivity index (χ2n) is 6.90. The van der Waals surface area contributed by atoms with Crippen LogP contribution < -0.4 is 5.32 Å². The molecule has 3 heterocycles. The molecule has 128 valence electrons. The van der Waals surface area contributed by atoms with Crippen LogP contribution in [-0.2, 0) is 7.05 Å². The first-order valence-electron chi connectivity index (χ1n) is 8.73. The first-order valence-corrected chi connectivity index (χ1v) is 8.73. The molecular formula is C22H13N3O2. The van der Waals surface area contributed by atoms with Crippen molar-refractivity contribution in [2.45, 2.75) is 0 Å². The number of rotatable bonds is 0. The number of benzene rings is 3. The van der Waals surface area contributed by atoms with Gasteiger partial charge in [-0.3, -0.25) is 14.9 Å². The molecular weight excluding hydrogens is 338 g/mol. The van der Waals surface area contributed by atoms with E-state index in [1.165, 1.54) is 0 Å². The monoisotopic (exact) mass is 351 g/mol. The Labute approximate surface area is 153 Å². The van der Waals surface area contributed by atoms with Crippen LogP contribution in [0.1, 0.15) is 20.7 Å². The summed E-state index contributed by atoms with van der Waals surface area (Å²) in [6.07, 6.45) is 1.74. The van der Waals surface area contributed by atoms with Crippen LogP contribution in [0.25, 0.3) is 43.5 Å². The third-order valence-electron chi connectivity index (χ3n) is 5.56. The maximum atomic E-state index is 12.8. The predicted octanol–water partition coefficient (Wildman–Crippen LogP) is 3.92. The third-order valence-corrected chi connectivity index (χ3v) is 5.56. The molecule has 1 aliphatic heterocycles. The highest BCUT2D eigenvalue weighted by Crippen LogP contribution is 2.42. The average molecular weight is 351 g/mol. The SMILES string of the molecule is Cn1c2ncccc2c2c3c(c4c5ccccc5ccc4c21)C(=O)NC3=O. The average Bonchev–Trinajstić information content (AvgIpc) is 3.16. The largest absolute Gasteiger partial charge is 0.328 e. The summed E-state index contributed by atoms with van der Waals surface area (Å²) in [4.78, 5) is 30.0. The van der Waals surface area contributed by atoms with Crippen molar-refractivity contribution in [2.75, 3.05) is 0 Å². The van der Waals surface area contributed by atoms with Crippen LogP contribution in [-0.4, -0.2) is 21.4 Å². The Kier molecular flexibility index (Phi) is 2.52. The van der Waals surface area contributed by atoms with Crippen molar-refractivity contribution in [1.29, 1.82) is 0 Å². The van der Waals surface area contributed by atoms with E-state index in [-0.39, 0.29) is 11.8 Å². The molecule has 0 radical (unpaired) electrons. The van der Waals surface area contributed by atoms with Crippen molar-refractivity contribution >= 4 is 55.3 Å². The van der Waals surface area contributed by atoms with Gasteiger partial charge in [-0.1, -0.05) is 36.4 Å². The van der Waals surface area contributed by atoms with Crippen molar-refractivity contribution < 1.29 is 9.59 Å². The van der Waals surface area contributed by atoms with E-state index in [0.29, 0.717) is 11.1 Å². The minimum Gasteiger partial charge on any atom is -0.328 e. The van der Waals surface area contributed by atoms with Gasteiger partial charge in [-0.05, 0) is 22.9 Å². The van der Waals surface area contributed by atoms with Crippen LogP contribution >= 0.6 is 0 Å². The quantitative estimate of drug-likeness (QED) is 0.340. The van der Waals surface area contributed by atoms with E-state index >= 15 is 0 Å². The number of aromatic nitrogens is 2. The normalized spacial score (nSPS) is 13.8. The molecule has 0 aliphatic carbocycles. The maximum Gasteiger partial charge on any atom is 0.259 e. The standard InChI is InChI=1S/C22H13N3O2/c1-25-19-13-9-8-11-5-2-3-6-12(11)15(13)17-18(22(27)24-21(17)26)16(19)14-7-4-10-23-20(14)25/h2-10H,1H3,(H,24,26,27). The Morgan fingerprint density at radius 2 is 1.56 bits per heavy atom. The molecule has 0 unspecified atom stereocenters. The summed E-state index contributed by atoms with van der Waals surface area (Å²) < 4.78 is 2.01. The highest BCUT2D eigenvalue weighted by molar-refractivity contribution is 6.39. The molecule has 0 spiro atoms. The zero-order valence-electron chi connectivity index (χ0n) is 14.4. The van der Waals surface area contributed by atoms with Crippen LogP contribution in [0.4, 0.5) is 0 Å². The van der Waals surface area contributed by atoms with Gasteiger partial charge < -0.3 is 4.57 Å². The Bertz CT molecular complexity index is 1490. The first kappa shape index (κ1) is 14.4. The maximum absolute atomic E-state index is 12.8. The van der Waals surface area contributed by atoms with Crippen LogP contribution in [0.5, 0.6) is 0 Å². The fourth-order valence-electron chi connectivity index (χ4n) is 4.50. The number of amides is 2. The van der Waals surface area contributed by atoms with Crippen LogP contribution in [0, 0.1) is 0 Å². The summed E-state index contributed by atoms with van der Waals surface area (Å²) in [5.74, 6) is -0.676. The second kappa shape index (κ2) is 4.71. The Hall–Kier alpha value is -3.73. The van der Waals surface area contributed by atoms with Gasteiger partial charge in [0.15, 0.2) is 0 Å². The van der Waals surface area contributed by atoms with E-state index in [1.807, 2.05) is 54.1 Å². The molecule has 5 aromatic rings. The summed E-state index contributed by atoms with van der Waals surface area (Å²) in [5.41, 5.74) is 2.64. The molecule has 27 heavy (non-hydrogen) atoms. The van der Waals surface area contributed by atoms with Crippen LogP contribution in [0.2, 0.25) is 0 Å². The zero-order chi connectivity index (χ0) is 18.3. The summed E-state index contributed by atoms with van der Waals surface area (Å²) in [6.45, 7) is 0. The second-order valence-corrected chi connectivity index (χ2v) is 6.90. The number of aryl methyl sites for hydroxylation is 1. The highest BCUT2D eigenvalue weighted by atomic mass is 16.2. The zero-order valence-corrected chi connectivity index (χ0v) is 14.4. The van der Waals surface area contributed by atoms with Gasteiger partial charge >= 0.3 is 0 Å². The summed E-state index contributed by atoms with van der Waals surface area (Å²) in [5, 5.41) is 7.95. The fourth-order valence-corrected chi connectivity index (χ4v) is 4.50. The minimum absolute atomic E-state index is 0.334. The number of carbonyl (C=O) groups excluding carboxylic acids is 2. The van der Waals surface area contributed by atoms with Gasteiger partial charge in [-0.15, -0.1) is 0 Å². The number of carbonyl (C=O) groups is 2. The van der Waals surface area contributed by atoms with Crippen molar-refractivity contribution in [3.05, 3.63) is 65.9 Å². The molecule has 0 fully saturated rings. The summed E-state index contributed by atoms with van der Waals surface area (Å²) in [7, 11) is 1.95. The molecule has 0 bridgehead atoms. The number of pyridine rings is 1. The Morgan fingerprint density at radius 1 is 0.815 bits per heavy atom. The van der Waals surface area contributed by atoms with Crippen molar-refractivity contribution in [1.82, 2.24) is 14.9 Å². The van der Waals surface area contributed by atoms with Gasteiger partial charge in [0.2, 0.25) is 0 Å². The topological polar surface area (TPSA) is 64.0 Å². The Morgan fingerprint density at radius 3 is 2.41 bits per heavy atom. The number of imide groups is 1. The molecule has 2 aromatic heterocycles. The molecule has 3 aromatic carbocycles. The molecule has 0 saturated carbocycles. The lowest BCUT2D eigenvalue weighted by Gasteiger charge is -2.11. The summed E-state index contributed by atoms with van der Waals surface area (Å²) >= 11 is 0. The molecule has 5 heteroatoms. The molecule has 0 saturated heterocycles. The molecule has 1 N–H and O–H groups in total. The Balaban J connectivity index is 2.06. The van der Waals surface area contributed by atoms with Gasteiger partial charge in [-0.25, -0.2) is 4.98 Å². The van der Waals surface area contributed by atoms with E-state index in [4.69, 9.17) is 0 Å². The highest BCUT2D eigenvalue weighted by Gasteiger charge is 2.34. The molecule has 2 amide bonds. The van der Waals surface area contributed by atoms with Gasteiger partial charge in [0.1, 0.15) is 5.65 Å². The van der Waals surface area contributed by atoms with Crippen LogP contribution in [0.15, 0.2) is 54.7 Å². The third kappa shape index (κ3) is 1.62. The number of hydrogen-bond acceptors (Lipinski definition) is 3. The lowest BCUT2D eigenvalue weighted by atomic mass is 9.91. The first-order chi connectivity index (χ1) is 13.2. The van der Waals surface area contributed by atoms with Gasteiger partial charge in [-0.2, -0.15) is 0 Å². The number of hydrogen-bond donors (Lipinski definition) is 1. The van der Waals surface area contributed by atoms with Crippen molar-refractivity contribution in [3.63, 3.8) is 0 Å². The predicted molar refractivity (Wildman–Crippen MR) is 105 cm³/mol. The van der Waals surface area contributed by atoms with E-state index in [2.05, 4.69) is 16.4 Å². The van der Waals surface area contributed by atoms with E-state index in [0.717, 1.165) is 43.5 Å². The van der Waals surface area contributed by atoms with E-state index < -0.39 is 0 Å². The van der Waals surface area contributed by atoms with Crippen molar-refractivity contribution in [2.24, 2.45) is 7.05 Å². The fraction of sp³-hybridized carbons (Fsp3) is 0.0455.